The molecule has 0 amide bonds. The minimum absolute atomic E-state index is 0.134. The van der Waals surface area contributed by atoms with Crippen molar-refractivity contribution in [2.45, 2.75) is 40.4 Å². The molecule has 4 aromatic rings. The molecule has 0 saturated heterocycles. The summed E-state index contributed by atoms with van der Waals surface area (Å²) in [5, 5.41) is 1.61. The first-order chi connectivity index (χ1) is 15.7. The van der Waals surface area contributed by atoms with E-state index in [0.29, 0.717) is 33.8 Å². The van der Waals surface area contributed by atoms with Gasteiger partial charge in [0.1, 0.15) is 18.2 Å². The molecule has 2 aromatic carbocycles. The molecule has 0 saturated carbocycles. The van der Waals surface area contributed by atoms with Gasteiger partial charge in [-0.25, -0.2) is 4.85 Å². The maximum atomic E-state index is 9.02. The van der Waals surface area contributed by atoms with Crippen molar-refractivity contribution in [3.63, 3.8) is 0 Å². The predicted octanol–water partition coefficient (Wildman–Crippen LogP) is 6.68. The van der Waals surface area contributed by atoms with Gasteiger partial charge in [0.2, 0.25) is 11.4 Å². The van der Waals surface area contributed by atoms with Gasteiger partial charge in [0.15, 0.2) is 5.69 Å². The van der Waals surface area contributed by atoms with Crippen LogP contribution in [0.25, 0.3) is 38.0 Å². The summed E-state index contributed by atoms with van der Waals surface area (Å²) >= 11 is 0. The molecule has 0 bridgehead atoms. The van der Waals surface area contributed by atoms with E-state index in [9.17, 15) is 0 Å². The van der Waals surface area contributed by atoms with E-state index in [0.717, 1.165) is 21.9 Å². The monoisotopic (exact) mass is 375 g/mol. The van der Waals surface area contributed by atoms with Gasteiger partial charge in [-0.05, 0) is 36.4 Å². The predicted molar refractivity (Wildman–Crippen MR) is 115 cm³/mol. The van der Waals surface area contributed by atoms with Crippen LogP contribution in [-0.2, 0) is 7.05 Å². The third-order valence-electron chi connectivity index (χ3n) is 5.30. The normalized spacial score (nSPS) is 17.1. The Balaban J connectivity index is 2.22. The topological polar surface area (TPSA) is 21.4 Å². The SMILES string of the molecule is [2H]c1c(C([2H])(C)C([2H])([2H])[2H])c([2H])c(-c2c(C)ccc3c2oc2c([N+]#[C-])ccc(C)c23)[n+](C)c1C. The van der Waals surface area contributed by atoms with Crippen LogP contribution in [0.5, 0.6) is 0 Å². The third kappa shape index (κ3) is 2.60. The van der Waals surface area contributed by atoms with Crippen molar-refractivity contribution >= 4 is 27.6 Å². The Labute approximate surface area is 174 Å². The zero-order valence-corrected chi connectivity index (χ0v) is 16.6. The molecule has 3 heteroatoms. The lowest BCUT2D eigenvalue weighted by Gasteiger charge is -2.11. The van der Waals surface area contributed by atoms with Crippen molar-refractivity contribution in [1.29, 1.82) is 0 Å². The van der Waals surface area contributed by atoms with Gasteiger partial charge in [0.25, 0.3) is 0 Å². The number of hydrogen-bond acceptors (Lipinski definition) is 1. The molecule has 0 radical (unpaired) electrons. The standard InChI is InChI=1S/C25H25N2O/c1-14(2)18-12-17(5)27(7)21(13-18)23-16(4)8-10-19-22-15(3)9-11-20(26-6)25(22)28-24(19)23/h8-14H,1-5,7H3/q+1/i1D3,12D,13D,14D. The van der Waals surface area contributed by atoms with Gasteiger partial charge in [-0.2, -0.15) is 4.57 Å². The van der Waals surface area contributed by atoms with Crippen LogP contribution in [-0.4, -0.2) is 0 Å². The first kappa shape index (κ1) is 12.4. The van der Waals surface area contributed by atoms with Crippen molar-refractivity contribution < 1.29 is 17.2 Å². The van der Waals surface area contributed by atoms with Gasteiger partial charge in [0.05, 0.1) is 14.9 Å². The Hall–Kier alpha value is -3.12. The van der Waals surface area contributed by atoms with Crippen molar-refractivity contribution in [3.8, 4) is 11.3 Å². The second-order valence-corrected chi connectivity index (χ2v) is 7.20. The van der Waals surface area contributed by atoms with Crippen molar-refractivity contribution in [3.05, 3.63) is 70.2 Å². The van der Waals surface area contributed by atoms with Gasteiger partial charge >= 0.3 is 0 Å². The van der Waals surface area contributed by atoms with Gasteiger partial charge in [-0.1, -0.05) is 38.0 Å². The molecule has 2 heterocycles. The first-order valence-corrected chi connectivity index (χ1v) is 9.07. The van der Waals surface area contributed by atoms with E-state index in [1.807, 2.05) is 32.0 Å². The van der Waals surface area contributed by atoms with Gasteiger partial charge < -0.3 is 4.42 Å². The van der Waals surface area contributed by atoms with Crippen LogP contribution >= 0.6 is 0 Å². The van der Waals surface area contributed by atoms with E-state index in [1.54, 1.807) is 24.6 Å². The Morgan fingerprint density at radius 1 is 1.14 bits per heavy atom. The summed E-state index contributed by atoms with van der Waals surface area (Å²) in [5.74, 6) is -2.15. The van der Waals surface area contributed by atoms with Crippen LogP contribution in [0.3, 0.4) is 0 Å². The lowest BCUT2D eigenvalue weighted by molar-refractivity contribution is -0.666. The summed E-state index contributed by atoms with van der Waals surface area (Å²) in [6.45, 7) is 11.5. The average Bonchev–Trinajstić information content (AvgIpc) is 3.13. The summed E-state index contributed by atoms with van der Waals surface area (Å²) in [6, 6.07) is 7.10. The molecule has 0 aliphatic heterocycles. The second-order valence-electron chi connectivity index (χ2n) is 7.20. The highest BCUT2D eigenvalue weighted by Gasteiger charge is 2.24. The molecule has 0 fully saturated rings. The Morgan fingerprint density at radius 2 is 1.89 bits per heavy atom. The lowest BCUT2D eigenvalue weighted by atomic mass is 9.95. The minimum Gasteiger partial charge on any atom is -0.466 e. The number of benzene rings is 2. The molecular formula is C25H25N2O+. The minimum atomic E-state index is -2.73. The Kier molecular flexibility index (Phi) is 2.87. The molecule has 2 aromatic heterocycles. The fraction of sp³-hybridized carbons (Fsp3) is 0.280. The molecule has 0 spiro atoms. The highest BCUT2D eigenvalue weighted by atomic mass is 16.3. The fourth-order valence-corrected chi connectivity index (χ4v) is 3.66. The molecule has 28 heavy (non-hydrogen) atoms. The van der Waals surface area contributed by atoms with Gasteiger partial charge in [-0.15, -0.1) is 0 Å². The number of aromatic nitrogens is 1. The highest BCUT2D eigenvalue weighted by Crippen LogP contribution is 2.41. The van der Waals surface area contributed by atoms with Crippen molar-refractivity contribution in [2.24, 2.45) is 7.05 Å². The first-order valence-electron chi connectivity index (χ1n) is 12.1. The molecule has 0 aliphatic carbocycles. The summed E-state index contributed by atoms with van der Waals surface area (Å²) in [5.41, 5.74) is 4.33. The summed E-state index contributed by atoms with van der Waals surface area (Å²) in [7, 11) is 1.72. The van der Waals surface area contributed by atoms with E-state index >= 15 is 0 Å². The van der Waals surface area contributed by atoms with Crippen LogP contribution < -0.4 is 4.57 Å². The number of fused-ring (bicyclic) bond motifs is 3. The van der Waals surface area contributed by atoms with Gasteiger partial charge in [-0.3, -0.25) is 0 Å². The average molecular weight is 376 g/mol. The zero-order valence-electron chi connectivity index (χ0n) is 22.6. The maximum Gasteiger partial charge on any atom is 0.229 e. The fourth-order valence-electron chi connectivity index (χ4n) is 3.66. The lowest BCUT2D eigenvalue weighted by Crippen LogP contribution is -2.35. The summed E-state index contributed by atoms with van der Waals surface area (Å²) < 4.78 is 57.9. The van der Waals surface area contributed by atoms with E-state index in [1.165, 1.54) is 6.92 Å². The molecule has 1 unspecified atom stereocenters. The molecule has 4 rings (SSSR count). The number of aryl methyl sites for hydroxylation is 2. The Morgan fingerprint density at radius 3 is 2.61 bits per heavy atom. The maximum absolute atomic E-state index is 9.02. The van der Waals surface area contributed by atoms with Crippen LogP contribution in [0.4, 0.5) is 5.69 Å². The number of pyridine rings is 1. The molecule has 0 aliphatic rings. The van der Waals surface area contributed by atoms with Crippen LogP contribution in [0.2, 0.25) is 0 Å². The van der Waals surface area contributed by atoms with Crippen LogP contribution in [0.1, 0.15) is 50.3 Å². The highest BCUT2D eigenvalue weighted by molar-refractivity contribution is 6.14. The van der Waals surface area contributed by atoms with E-state index in [2.05, 4.69) is 4.85 Å². The van der Waals surface area contributed by atoms with E-state index in [-0.39, 0.29) is 17.6 Å². The molecule has 1 atom stereocenters. The molecule has 0 N–H and O–H groups in total. The number of rotatable bonds is 2. The van der Waals surface area contributed by atoms with Crippen LogP contribution in [0.15, 0.2) is 40.8 Å². The second kappa shape index (κ2) is 6.49. The van der Waals surface area contributed by atoms with Crippen molar-refractivity contribution in [2.75, 3.05) is 0 Å². The van der Waals surface area contributed by atoms with Crippen LogP contribution in [0, 0.1) is 27.3 Å². The number of furan rings is 1. The molecular weight excluding hydrogens is 344 g/mol. The molecule has 3 nitrogen and oxygen atoms in total. The number of nitrogens with zero attached hydrogens (tertiary/aromatic N) is 2. The quantitative estimate of drug-likeness (QED) is 0.283. The number of hydrogen-bond donors (Lipinski definition) is 0. The molecule has 140 valence electrons. The smallest absolute Gasteiger partial charge is 0.229 e. The Bertz CT molecular complexity index is 1540. The summed E-state index contributed by atoms with van der Waals surface area (Å²) in [4.78, 5) is 3.60. The van der Waals surface area contributed by atoms with Gasteiger partial charge in [0, 0.05) is 35.3 Å². The zero-order chi connectivity index (χ0) is 25.3. The van der Waals surface area contributed by atoms with E-state index in [4.69, 9.17) is 19.2 Å². The summed E-state index contributed by atoms with van der Waals surface area (Å²) in [6.07, 6.45) is 0. The van der Waals surface area contributed by atoms with E-state index < -0.39 is 12.7 Å². The third-order valence-corrected chi connectivity index (χ3v) is 5.30. The largest absolute Gasteiger partial charge is 0.466 e. The van der Waals surface area contributed by atoms with Crippen molar-refractivity contribution in [1.82, 2.24) is 0 Å².